The zero-order valence-electron chi connectivity index (χ0n) is 10.9. The molecule has 0 aromatic heterocycles. The second-order valence-electron chi connectivity index (χ2n) is 4.44. The van der Waals surface area contributed by atoms with Gasteiger partial charge in [0.1, 0.15) is 11.5 Å². The van der Waals surface area contributed by atoms with E-state index in [9.17, 15) is 19.8 Å². The van der Waals surface area contributed by atoms with Gasteiger partial charge in [-0.3, -0.25) is 9.59 Å². The molecule has 0 saturated heterocycles. The maximum Gasteiger partial charge on any atom is 0.251 e. The van der Waals surface area contributed by atoms with Gasteiger partial charge in [-0.1, -0.05) is 13.8 Å². The first-order chi connectivity index (χ1) is 8.90. The molecule has 0 radical (unpaired) electrons. The summed E-state index contributed by atoms with van der Waals surface area (Å²) in [7, 11) is 0. The van der Waals surface area contributed by atoms with E-state index < -0.39 is 5.91 Å². The topological polar surface area (TPSA) is 98.7 Å². The van der Waals surface area contributed by atoms with Crippen LogP contribution in [0.4, 0.5) is 0 Å². The average molecular weight is 266 g/mol. The van der Waals surface area contributed by atoms with E-state index in [4.69, 9.17) is 0 Å². The summed E-state index contributed by atoms with van der Waals surface area (Å²) in [6.07, 6.45) is 0. The Bertz CT molecular complexity index is 451. The largest absolute Gasteiger partial charge is 0.508 e. The van der Waals surface area contributed by atoms with Crippen molar-refractivity contribution in [2.24, 2.45) is 5.92 Å². The molecule has 0 aliphatic heterocycles. The Morgan fingerprint density at radius 2 is 1.58 bits per heavy atom. The fourth-order valence-corrected chi connectivity index (χ4v) is 1.39. The van der Waals surface area contributed by atoms with Crippen LogP contribution in [0.15, 0.2) is 18.2 Å². The molecule has 19 heavy (non-hydrogen) atoms. The minimum absolute atomic E-state index is 0.0794. The molecule has 0 spiro atoms. The van der Waals surface area contributed by atoms with Crippen molar-refractivity contribution in [1.29, 1.82) is 0 Å². The Balaban J connectivity index is 2.41. The van der Waals surface area contributed by atoms with Gasteiger partial charge in [0.2, 0.25) is 5.91 Å². The highest BCUT2D eigenvalue weighted by molar-refractivity contribution is 5.95. The smallest absolute Gasteiger partial charge is 0.251 e. The Hall–Kier alpha value is -2.24. The summed E-state index contributed by atoms with van der Waals surface area (Å²) in [5, 5.41) is 23.7. The highest BCUT2D eigenvalue weighted by Crippen LogP contribution is 2.20. The summed E-state index contributed by atoms with van der Waals surface area (Å²) >= 11 is 0. The molecule has 0 atom stereocenters. The predicted octanol–water partition coefficient (Wildman–Crippen LogP) is 0.600. The molecule has 2 amide bonds. The normalized spacial score (nSPS) is 10.3. The van der Waals surface area contributed by atoms with Crippen LogP contribution in [0.25, 0.3) is 0 Å². The first kappa shape index (κ1) is 14.8. The Labute approximate surface area is 111 Å². The van der Waals surface area contributed by atoms with Crippen LogP contribution in [0.2, 0.25) is 0 Å². The molecule has 0 bridgehead atoms. The molecule has 6 nitrogen and oxygen atoms in total. The van der Waals surface area contributed by atoms with Crippen molar-refractivity contribution in [2.45, 2.75) is 13.8 Å². The number of benzene rings is 1. The number of rotatable bonds is 5. The Morgan fingerprint density at radius 1 is 1.05 bits per heavy atom. The second-order valence-corrected chi connectivity index (χ2v) is 4.44. The van der Waals surface area contributed by atoms with Crippen LogP contribution < -0.4 is 10.6 Å². The van der Waals surface area contributed by atoms with E-state index >= 15 is 0 Å². The summed E-state index contributed by atoms with van der Waals surface area (Å²) in [6, 6.07) is 3.64. The SMILES string of the molecule is CC(C)C(=O)NCCNC(=O)c1cc(O)cc(O)c1. The molecule has 4 N–H and O–H groups in total. The number of carbonyl (C=O) groups is 2. The summed E-state index contributed by atoms with van der Waals surface area (Å²) in [5.74, 6) is -0.968. The molecule has 0 aliphatic carbocycles. The third kappa shape index (κ3) is 4.87. The van der Waals surface area contributed by atoms with E-state index in [2.05, 4.69) is 10.6 Å². The number of carbonyl (C=O) groups excluding carboxylic acids is 2. The molecule has 1 aromatic rings. The molecular weight excluding hydrogens is 248 g/mol. The van der Waals surface area contributed by atoms with Gasteiger partial charge in [0.15, 0.2) is 0 Å². The summed E-state index contributed by atoms with van der Waals surface area (Å²) < 4.78 is 0. The highest BCUT2D eigenvalue weighted by atomic mass is 16.3. The van der Waals surface area contributed by atoms with E-state index in [1.807, 2.05) is 0 Å². The van der Waals surface area contributed by atoms with Crippen LogP contribution in [0.3, 0.4) is 0 Å². The minimum atomic E-state index is -0.426. The van der Waals surface area contributed by atoms with Crippen LogP contribution in [0.5, 0.6) is 11.5 Å². The summed E-state index contributed by atoms with van der Waals surface area (Å²) in [6.45, 7) is 4.16. The number of nitrogens with one attached hydrogen (secondary N) is 2. The van der Waals surface area contributed by atoms with E-state index in [0.717, 1.165) is 6.07 Å². The maximum atomic E-state index is 11.7. The van der Waals surface area contributed by atoms with Crippen LogP contribution in [-0.4, -0.2) is 35.1 Å². The quantitative estimate of drug-likeness (QED) is 0.586. The minimum Gasteiger partial charge on any atom is -0.508 e. The zero-order chi connectivity index (χ0) is 14.4. The van der Waals surface area contributed by atoms with Crippen LogP contribution >= 0.6 is 0 Å². The van der Waals surface area contributed by atoms with Crippen LogP contribution in [0.1, 0.15) is 24.2 Å². The molecule has 0 fully saturated rings. The van der Waals surface area contributed by atoms with Gasteiger partial charge < -0.3 is 20.8 Å². The van der Waals surface area contributed by atoms with E-state index in [1.165, 1.54) is 12.1 Å². The first-order valence-corrected chi connectivity index (χ1v) is 5.99. The number of aromatic hydroxyl groups is 2. The first-order valence-electron chi connectivity index (χ1n) is 5.99. The molecule has 0 saturated carbocycles. The van der Waals surface area contributed by atoms with Crippen molar-refractivity contribution >= 4 is 11.8 Å². The molecule has 0 aliphatic rings. The molecule has 1 aromatic carbocycles. The molecule has 1 rings (SSSR count). The zero-order valence-corrected chi connectivity index (χ0v) is 10.9. The van der Waals surface area contributed by atoms with Crippen molar-refractivity contribution in [1.82, 2.24) is 10.6 Å². The van der Waals surface area contributed by atoms with Crippen LogP contribution in [0, 0.1) is 5.92 Å². The van der Waals surface area contributed by atoms with Gasteiger partial charge >= 0.3 is 0 Å². The fraction of sp³-hybridized carbons (Fsp3) is 0.385. The van der Waals surface area contributed by atoms with Gasteiger partial charge in [0, 0.05) is 30.6 Å². The molecule has 0 heterocycles. The lowest BCUT2D eigenvalue weighted by Crippen LogP contribution is -2.36. The molecule has 0 unspecified atom stereocenters. The summed E-state index contributed by atoms with van der Waals surface area (Å²) in [5.41, 5.74) is 0.160. The van der Waals surface area contributed by atoms with Gasteiger partial charge in [-0.05, 0) is 12.1 Å². The van der Waals surface area contributed by atoms with Crippen molar-refractivity contribution in [2.75, 3.05) is 13.1 Å². The number of amides is 2. The lowest BCUT2D eigenvalue weighted by atomic mass is 10.2. The van der Waals surface area contributed by atoms with Crippen molar-refractivity contribution in [3.05, 3.63) is 23.8 Å². The molecule has 6 heteroatoms. The predicted molar refractivity (Wildman–Crippen MR) is 70.0 cm³/mol. The fourth-order valence-electron chi connectivity index (χ4n) is 1.39. The molecule has 104 valence electrons. The van der Waals surface area contributed by atoms with Crippen molar-refractivity contribution in [3.63, 3.8) is 0 Å². The van der Waals surface area contributed by atoms with Gasteiger partial charge in [-0.2, -0.15) is 0 Å². The third-order valence-electron chi connectivity index (χ3n) is 2.40. The lowest BCUT2D eigenvalue weighted by Gasteiger charge is -2.09. The van der Waals surface area contributed by atoms with Gasteiger partial charge in [0.25, 0.3) is 5.91 Å². The summed E-state index contributed by atoms with van der Waals surface area (Å²) in [4.78, 5) is 22.9. The lowest BCUT2D eigenvalue weighted by molar-refractivity contribution is -0.123. The van der Waals surface area contributed by atoms with Crippen molar-refractivity contribution in [3.8, 4) is 11.5 Å². The number of hydrogen-bond acceptors (Lipinski definition) is 4. The Morgan fingerprint density at radius 3 is 2.11 bits per heavy atom. The van der Waals surface area contributed by atoms with Gasteiger partial charge in [0.05, 0.1) is 0 Å². The van der Waals surface area contributed by atoms with Crippen molar-refractivity contribution < 1.29 is 19.8 Å². The number of phenolic OH excluding ortho intramolecular Hbond substituents is 2. The maximum absolute atomic E-state index is 11.7. The van der Waals surface area contributed by atoms with Gasteiger partial charge in [-0.25, -0.2) is 0 Å². The number of hydrogen-bond donors (Lipinski definition) is 4. The number of phenols is 2. The van der Waals surface area contributed by atoms with E-state index in [-0.39, 0.29) is 35.4 Å². The average Bonchev–Trinajstić information content (AvgIpc) is 2.32. The second kappa shape index (κ2) is 6.63. The van der Waals surface area contributed by atoms with Crippen LogP contribution in [-0.2, 0) is 4.79 Å². The molecular formula is C13H18N2O4. The van der Waals surface area contributed by atoms with E-state index in [0.29, 0.717) is 6.54 Å². The Kier molecular flexibility index (Phi) is 5.17. The monoisotopic (exact) mass is 266 g/mol. The van der Waals surface area contributed by atoms with Gasteiger partial charge in [-0.15, -0.1) is 0 Å². The highest BCUT2D eigenvalue weighted by Gasteiger charge is 2.09. The third-order valence-corrected chi connectivity index (χ3v) is 2.40. The van der Waals surface area contributed by atoms with E-state index in [1.54, 1.807) is 13.8 Å². The standard InChI is InChI=1S/C13H18N2O4/c1-8(2)12(18)14-3-4-15-13(19)9-5-10(16)7-11(17)6-9/h5-8,16-17H,3-4H2,1-2H3,(H,14,18)(H,15,19).